The zero-order valence-corrected chi connectivity index (χ0v) is 6.79. The van der Waals surface area contributed by atoms with E-state index in [1.165, 1.54) is 25.7 Å². The van der Waals surface area contributed by atoms with Crippen LogP contribution in [-0.2, 0) is 0 Å². The van der Waals surface area contributed by atoms with Gasteiger partial charge in [-0.1, -0.05) is 19.8 Å². The van der Waals surface area contributed by atoms with Crippen molar-refractivity contribution < 1.29 is 0 Å². The lowest BCUT2D eigenvalue weighted by molar-refractivity contribution is 0.331. The van der Waals surface area contributed by atoms with Gasteiger partial charge in [0.1, 0.15) is 0 Å². The highest BCUT2D eigenvalue weighted by Gasteiger charge is 2.15. The van der Waals surface area contributed by atoms with Crippen LogP contribution in [0.5, 0.6) is 0 Å². The quantitative estimate of drug-likeness (QED) is 0.560. The molecular formula is C7H16ClN. The second kappa shape index (κ2) is 4.13. The SMILES string of the molecule is C[C@@H]1CCCC[C@H]1N.Cl. The first-order valence-electron chi connectivity index (χ1n) is 3.56. The van der Waals surface area contributed by atoms with E-state index in [0.717, 1.165) is 5.92 Å². The topological polar surface area (TPSA) is 26.0 Å². The van der Waals surface area contributed by atoms with Crippen LogP contribution in [0.1, 0.15) is 32.6 Å². The van der Waals surface area contributed by atoms with Gasteiger partial charge in [0.05, 0.1) is 0 Å². The summed E-state index contributed by atoms with van der Waals surface area (Å²) in [4.78, 5) is 0. The van der Waals surface area contributed by atoms with Gasteiger partial charge < -0.3 is 5.73 Å². The van der Waals surface area contributed by atoms with E-state index < -0.39 is 0 Å². The van der Waals surface area contributed by atoms with Gasteiger partial charge in [0.2, 0.25) is 0 Å². The van der Waals surface area contributed by atoms with Crippen LogP contribution in [0.2, 0.25) is 0 Å². The predicted molar refractivity (Wildman–Crippen MR) is 42.9 cm³/mol. The molecule has 2 atom stereocenters. The molecule has 0 unspecified atom stereocenters. The highest BCUT2D eigenvalue weighted by molar-refractivity contribution is 5.85. The summed E-state index contributed by atoms with van der Waals surface area (Å²) in [7, 11) is 0. The molecule has 1 rings (SSSR count). The van der Waals surface area contributed by atoms with Gasteiger partial charge in [-0.15, -0.1) is 12.4 Å². The minimum atomic E-state index is 0. The molecule has 1 saturated carbocycles. The van der Waals surface area contributed by atoms with Crippen molar-refractivity contribution >= 4 is 12.4 Å². The Bertz CT molecular complexity index is 65.3. The summed E-state index contributed by atoms with van der Waals surface area (Å²) in [6.07, 6.45) is 5.35. The van der Waals surface area contributed by atoms with Gasteiger partial charge in [-0.25, -0.2) is 0 Å². The van der Waals surface area contributed by atoms with Crippen LogP contribution in [0.25, 0.3) is 0 Å². The van der Waals surface area contributed by atoms with Crippen molar-refractivity contribution in [3.8, 4) is 0 Å². The summed E-state index contributed by atoms with van der Waals surface area (Å²) < 4.78 is 0. The maximum atomic E-state index is 5.78. The summed E-state index contributed by atoms with van der Waals surface area (Å²) in [5.41, 5.74) is 5.78. The van der Waals surface area contributed by atoms with Crippen molar-refractivity contribution in [2.24, 2.45) is 11.7 Å². The smallest absolute Gasteiger partial charge is 0.00645 e. The molecule has 9 heavy (non-hydrogen) atoms. The molecule has 0 aromatic rings. The molecule has 0 heterocycles. The fraction of sp³-hybridized carbons (Fsp3) is 1.00. The van der Waals surface area contributed by atoms with Gasteiger partial charge in [0.15, 0.2) is 0 Å². The Morgan fingerprint density at radius 3 is 2.11 bits per heavy atom. The Morgan fingerprint density at radius 1 is 1.22 bits per heavy atom. The van der Waals surface area contributed by atoms with Crippen LogP contribution in [0.15, 0.2) is 0 Å². The van der Waals surface area contributed by atoms with E-state index in [4.69, 9.17) is 5.73 Å². The first-order valence-corrected chi connectivity index (χ1v) is 3.56. The normalized spacial score (nSPS) is 35.3. The molecule has 1 aliphatic rings. The minimum Gasteiger partial charge on any atom is -0.327 e. The van der Waals surface area contributed by atoms with E-state index in [1.54, 1.807) is 0 Å². The standard InChI is InChI=1S/C7H15N.ClH/c1-6-4-2-3-5-7(6)8;/h6-7H,2-5,8H2,1H3;1H/t6-,7-;/m1./s1. The Labute approximate surface area is 63.4 Å². The minimum absolute atomic E-state index is 0. The van der Waals surface area contributed by atoms with Gasteiger partial charge in [0, 0.05) is 6.04 Å². The molecule has 0 bridgehead atoms. The van der Waals surface area contributed by atoms with E-state index in [-0.39, 0.29) is 12.4 Å². The van der Waals surface area contributed by atoms with E-state index in [9.17, 15) is 0 Å². The predicted octanol–water partition coefficient (Wildman–Crippen LogP) is 1.95. The molecular weight excluding hydrogens is 134 g/mol. The van der Waals surface area contributed by atoms with E-state index in [1.807, 2.05) is 0 Å². The summed E-state index contributed by atoms with van der Waals surface area (Å²) in [5.74, 6) is 0.781. The van der Waals surface area contributed by atoms with Crippen LogP contribution in [-0.4, -0.2) is 6.04 Å². The third kappa shape index (κ3) is 2.55. The Hall–Kier alpha value is 0.250. The third-order valence-electron chi connectivity index (χ3n) is 2.18. The molecule has 0 radical (unpaired) electrons. The van der Waals surface area contributed by atoms with E-state index in [2.05, 4.69) is 6.92 Å². The second-order valence-corrected chi connectivity index (χ2v) is 2.93. The zero-order chi connectivity index (χ0) is 5.98. The van der Waals surface area contributed by atoms with Gasteiger partial charge in [0.25, 0.3) is 0 Å². The molecule has 0 spiro atoms. The average molecular weight is 150 g/mol. The molecule has 1 aliphatic carbocycles. The number of hydrogen-bond acceptors (Lipinski definition) is 1. The zero-order valence-electron chi connectivity index (χ0n) is 5.97. The molecule has 0 aromatic carbocycles. The van der Waals surface area contributed by atoms with Crippen LogP contribution in [0, 0.1) is 5.92 Å². The number of hydrogen-bond donors (Lipinski definition) is 1. The Balaban J connectivity index is 0.000000640. The molecule has 0 amide bonds. The van der Waals surface area contributed by atoms with Crippen LogP contribution in [0.3, 0.4) is 0 Å². The molecule has 0 saturated heterocycles. The molecule has 1 fully saturated rings. The fourth-order valence-electron chi connectivity index (χ4n) is 1.34. The molecule has 1 nitrogen and oxygen atoms in total. The van der Waals surface area contributed by atoms with Gasteiger partial charge in [-0.05, 0) is 18.8 Å². The molecule has 2 N–H and O–H groups in total. The number of rotatable bonds is 0. The van der Waals surface area contributed by atoms with Crippen LogP contribution < -0.4 is 5.73 Å². The number of halogens is 1. The first-order chi connectivity index (χ1) is 3.80. The second-order valence-electron chi connectivity index (χ2n) is 2.93. The number of nitrogens with two attached hydrogens (primary N) is 1. The highest BCUT2D eigenvalue weighted by atomic mass is 35.5. The van der Waals surface area contributed by atoms with Crippen molar-refractivity contribution in [3.05, 3.63) is 0 Å². The monoisotopic (exact) mass is 149 g/mol. The maximum absolute atomic E-state index is 5.78. The summed E-state index contributed by atoms with van der Waals surface area (Å²) in [5, 5.41) is 0. The lowest BCUT2D eigenvalue weighted by atomic mass is 9.87. The van der Waals surface area contributed by atoms with Gasteiger partial charge in [-0.3, -0.25) is 0 Å². The van der Waals surface area contributed by atoms with Crippen molar-refractivity contribution in [1.82, 2.24) is 0 Å². The third-order valence-corrected chi connectivity index (χ3v) is 2.18. The van der Waals surface area contributed by atoms with Crippen molar-refractivity contribution in [3.63, 3.8) is 0 Å². The van der Waals surface area contributed by atoms with E-state index in [0.29, 0.717) is 6.04 Å². The lowest BCUT2D eigenvalue weighted by Crippen LogP contribution is -2.30. The summed E-state index contributed by atoms with van der Waals surface area (Å²) >= 11 is 0. The van der Waals surface area contributed by atoms with Gasteiger partial charge >= 0.3 is 0 Å². The maximum Gasteiger partial charge on any atom is 0.00645 e. The molecule has 0 aliphatic heterocycles. The summed E-state index contributed by atoms with van der Waals surface area (Å²) in [6, 6.07) is 0.503. The van der Waals surface area contributed by atoms with Gasteiger partial charge in [-0.2, -0.15) is 0 Å². The molecule has 0 aromatic heterocycles. The Kier molecular flexibility index (Phi) is 4.24. The van der Waals surface area contributed by atoms with Crippen molar-refractivity contribution in [2.75, 3.05) is 0 Å². The van der Waals surface area contributed by atoms with Crippen LogP contribution in [0.4, 0.5) is 0 Å². The Morgan fingerprint density at radius 2 is 1.78 bits per heavy atom. The summed E-state index contributed by atoms with van der Waals surface area (Å²) in [6.45, 7) is 2.25. The average Bonchev–Trinajstić information content (AvgIpc) is 1.77. The molecule has 2 heteroatoms. The van der Waals surface area contributed by atoms with E-state index >= 15 is 0 Å². The van der Waals surface area contributed by atoms with Crippen molar-refractivity contribution in [2.45, 2.75) is 38.6 Å². The largest absolute Gasteiger partial charge is 0.327 e. The highest BCUT2D eigenvalue weighted by Crippen LogP contribution is 2.21. The van der Waals surface area contributed by atoms with Crippen molar-refractivity contribution in [1.29, 1.82) is 0 Å². The molecule has 56 valence electrons. The first kappa shape index (κ1) is 9.25. The fourth-order valence-corrected chi connectivity index (χ4v) is 1.34. The lowest BCUT2D eigenvalue weighted by Gasteiger charge is -2.24. The van der Waals surface area contributed by atoms with Crippen LogP contribution >= 0.6 is 12.4 Å².